The Balaban J connectivity index is 1.46. The molecule has 5 heteroatoms. The highest BCUT2D eigenvalue weighted by Gasteiger charge is 2.30. The minimum absolute atomic E-state index is 0.00135. The highest BCUT2D eigenvalue weighted by atomic mass is 16.2. The van der Waals surface area contributed by atoms with Gasteiger partial charge in [0.05, 0.1) is 6.42 Å². The third-order valence-corrected chi connectivity index (χ3v) is 5.09. The van der Waals surface area contributed by atoms with Crippen molar-refractivity contribution in [2.45, 2.75) is 31.7 Å². The van der Waals surface area contributed by atoms with Gasteiger partial charge in [0.15, 0.2) is 5.78 Å². The topological polar surface area (TPSA) is 66.1 Å². The van der Waals surface area contributed by atoms with E-state index in [2.05, 4.69) is 9.97 Å². The van der Waals surface area contributed by atoms with Crippen molar-refractivity contribution in [3.8, 4) is 0 Å². The van der Waals surface area contributed by atoms with Crippen LogP contribution < -0.4 is 0 Å². The number of nitrogens with one attached hydrogen (secondary N) is 1. The monoisotopic (exact) mass is 347 g/mol. The Morgan fingerprint density at radius 2 is 2.00 bits per heavy atom. The molecule has 4 rings (SSSR count). The standard InChI is InChI=1S/C21H21N3O2/c25-19(15-6-2-1-3-7-15)13-17-8-5-11-24(17)20(26)12-16-14-23-21-18(16)9-4-10-22-21/h1-4,6-7,9-10,14,17H,5,8,11-13H2,(H,22,23)/t17-/m0/s1. The summed E-state index contributed by atoms with van der Waals surface area (Å²) >= 11 is 0. The van der Waals surface area contributed by atoms with Gasteiger partial charge < -0.3 is 9.88 Å². The number of ketones is 1. The molecule has 1 saturated heterocycles. The van der Waals surface area contributed by atoms with Crippen LogP contribution in [0.1, 0.15) is 35.2 Å². The number of aromatic amines is 1. The summed E-state index contributed by atoms with van der Waals surface area (Å²) in [5, 5.41) is 0.983. The minimum atomic E-state index is -0.00135. The summed E-state index contributed by atoms with van der Waals surface area (Å²) in [7, 11) is 0. The molecule has 0 unspecified atom stereocenters. The molecule has 0 saturated carbocycles. The van der Waals surface area contributed by atoms with Crippen LogP contribution in [0.3, 0.4) is 0 Å². The zero-order chi connectivity index (χ0) is 17.9. The van der Waals surface area contributed by atoms with Crippen molar-refractivity contribution in [2.24, 2.45) is 0 Å². The number of likely N-dealkylation sites (tertiary alicyclic amines) is 1. The van der Waals surface area contributed by atoms with Crippen LogP contribution in [0, 0.1) is 0 Å². The fraction of sp³-hybridized carbons (Fsp3) is 0.286. The highest BCUT2D eigenvalue weighted by Crippen LogP contribution is 2.24. The van der Waals surface area contributed by atoms with E-state index in [-0.39, 0.29) is 17.7 Å². The molecule has 1 aliphatic rings. The summed E-state index contributed by atoms with van der Waals surface area (Å²) in [5.41, 5.74) is 2.47. The number of fused-ring (bicyclic) bond motifs is 1. The lowest BCUT2D eigenvalue weighted by Crippen LogP contribution is -2.37. The molecule has 1 aromatic carbocycles. The summed E-state index contributed by atoms with van der Waals surface area (Å²) in [6, 6.07) is 13.2. The molecule has 3 aromatic rings. The van der Waals surface area contributed by atoms with Crippen LogP contribution in [0.25, 0.3) is 11.0 Å². The molecule has 0 aliphatic carbocycles. The number of carbonyl (C=O) groups is 2. The molecule has 1 amide bonds. The Labute approximate surface area is 152 Å². The van der Waals surface area contributed by atoms with Gasteiger partial charge >= 0.3 is 0 Å². The molecule has 2 aromatic heterocycles. The number of nitrogens with zero attached hydrogens (tertiary/aromatic N) is 2. The first kappa shape index (κ1) is 16.5. The first-order chi connectivity index (χ1) is 12.7. The number of aromatic nitrogens is 2. The molecule has 1 fully saturated rings. The molecule has 0 bridgehead atoms. The van der Waals surface area contributed by atoms with Gasteiger partial charge in [-0.25, -0.2) is 4.98 Å². The van der Waals surface area contributed by atoms with Crippen molar-refractivity contribution in [2.75, 3.05) is 6.54 Å². The van der Waals surface area contributed by atoms with Gasteiger partial charge in [0.1, 0.15) is 5.65 Å². The smallest absolute Gasteiger partial charge is 0.227 e. The van der Waals surface area contributed by atoms with Crippen LogP contribution >= 0.6 is 0 Å². The van der Waals surface area contributed by atoms with E-state index >= 15 is 0 Å². The van der Waals surface area contributed by atoms with Crippen molar-refractivity contribution in [3.05, 3.63) is 66.0 Å². The molecular weight excluding hydrogens is 326 g/mol. The third kappa shape index (κ3) is 3.25. The van der Waals surface area contributed by atoms with Gasteiger partial charge in [0.25, 0.3) is 0 Å². The van der Waals surface area contributed by atoms with E-state index in [4.69, 9.17) is 0 Å². The number of carbonyl (C=O) groups excluding carboxylic acids is 2. The lowest BCUT2D eigenvalue weighted by molar-refractivity contribution is -0.131. The summed E-state index contributed by atoms with van der Waals surface area (Å²) in [6.45, 7) is 0.728. The summed E-state index contributed by atoms with van der Waals surface area (Å²) < 4.78 is 0. The number of hydrogen-bond acceptors (Lipinski definition) is 3. The van der Waals surface area contributed by atoms with E-state index < -0.39 is 0 Å². The predicted octanol–water partition coefficient (Wildman–Crippen LogP) is 3.37. The number of benzene rings is 1. The molecule has 0 spiro atoms. The van der Waals surface area contributed by atoms with Crippen molar-refractivity contribution in [3.63, 3.8) is 0 Å². The highest BCUT2D eigenvalue weighted by molar-refractivity contribution is 5.97. The van der Waals surface area contributed by atoms with Crippen LogP contribution in [-0.2, 0) is 11.2 Å². The largest absolute Gasteiger partial charge is 0.346 e. The van der Waals surface area contributed by atoms with E-state index in [1.165, 1.54) is 0 Å². The quantitative estimate of drug-likeness (QED) is 0.720. The lowest BCUT2D eigenvalue weighted by atomic mass is 10.0. The second-order valence-corrected chi connectivity index (χ2v) is 6.77. The van der Waals surface area contributed by atoms with Crippen molar-refractivity contribution in [1.29, 1.82) is 0 Å². The second kappa shape index (κ2) is 7.12. The Bertz CT molecular complexity index is 933. The van der Waals surface area contributed by atoms with E-state index in [1.54, 1.807) is 6.20 Å². The molecule has 1 aliphatic heterocycles. The van der Waals surface area contributed by atoms with Crippen LogP contribution in [0.5, 0.6) is 0 Å². The molecule has 1 atom stereocenters. The van der Waals surface area contributed by atoms with Gasteiger partial charge in [-0.05, 0) is 30.5 Å². The van der Waals surface area contributed by atoms with Gasteiger partial charge in [-0.2, -0.15) is 0 Å². The normalized spacial score (nSPS) is 16.9. The lowest BCUT2D eigenvalue weighted by Gasteiger charge is -2.24. The predicted molar refractivity (Wildman–Crippen MR) is 99.9 cm³/mol. The number of rotatable bonds is 5. The fourth-order valence-corrected chi connectivity index (χ4v) is 3.76. The molecule has 26 heavy (non-hydrogen) atoms. The van der Waals surface area contributed by atoms with E-state index in [9.17, 15) is 9.59 Å². The Morgan fingerprint density at radius 1 is 1.15 bits per heavy atom. The Morgan fingerprint density at radius 3 is 2.85 bits per heavy atom. The SMILES string of the molecule is O=C(C[C@@H]1CCCN1C(=O)Cc1c[nH]c2ncccc12)c1ccccc1. The average Bonchev–Trinajstić information content (AvgIpc) is 3.30. The fourth-order valence-electron chi connectivity index (χ4n) is 3.76. The number of Topliss-reactive ketones (excluding diaryl/α,β-unsaturated/α-hetero) is 1. The van der Waals surface area contributed by atoms with Crippen molar-refractivity contribution < 1.29 is 9.59 Å². The van der Waals surface area contributed by atoms with Crippen LogP contribution in [0.4, 0.5) is 0 Å². The molecule has 1 N–H and O–H groups in total. The maximum absolute atomic E-state index is 12.9. The Hall–Kier alpha value is -2.95. The molecule has 5 nitrogen and oxygen atoms in total. The van der Waals surface area contributed by atoms with E-state index in [1.807, 2.05) is 53.6 Å². The van der Waals surface area contributed by atoms with Gasteiger partial charge in [0.2, 0.25) is 5.91 Å². The second-order valence-electron chi connectivity index (χ2n) is 6.77. The first-order valence-corrected chi connectivity index (χ1v) is 9.01. The zero-order valence-electron chi connectivity index (χ0n) is 14.5. The van der Waals surface area contributed by atoms with Crippen LogP contribution in [-0.4, -0.2) is 39.1 Å². The summed E-state index contributed by atoms with van der Waals surface area (Å²) in [6.07, 6.45) is 6.16. The maximum atomic E-state index is 12.9. The molecule has 132 valence electrons. The summed E-state index contributed by atoms with van der Waals surface area (Å²) in [5.74, 6) is 0.185. The molecular formula is C21H21N3O2. The van der Waals surface area contributed by atoms with E-state index in [0.717, 1.165) is 41.5 Å². The van der Waals surface area contributed by atoms with Crippen LogP contribution in [0.2, 0.25) is 0 Å². The van der Waals surface area contributed by atoms with Gasteiger partial charge in [0, 0.05) is 42.4 Å². The molecule has 0 radical (unpaired) electrons. The average molecular weight is 347 g/mol. The first-order valence-electron chi connectivity index (χ1n) is 9.01. The van der Waals surface area contributed by atoms with Crippen molar-refractivity contribution >= 4 is 22.7 Å². The molecule has 3 heterocycles. The third-order valence-electron chi connectivity index (χ3n) is 5.09. The van der Waals surface area contributed by atoms with Crippen molar-refractivity contribution in [1.82, 2.24) is 14.9 Å². The van der Waals surface area contributed by atoms with Gasteiger partial charge in [-0.15, -0.1) is 0 Å². The van der Waals surface area contributed by atoms with Gasteiger partial charge in [-0.1, -0.05) is 30.3 Å². The zero-order valence-corrected chi connectivity index (χ0v) is 14.5. The van der Waals surface area contributed by atoms with Gasteiger partial charge in [-0.3, -0.25) is 9.59 Å². The number of H-pyrrole nitrogens is 1. The summed E-state index contributed by atoms with van der Waals surface area (Å²) in [4.78, 5) is 34.6. The number of hydrogen-bond donors (Lipinski definition) is 1. The Kier molecular flexibility index (Phi) is 4.52. The van der Waals surface area contributed by atoms with Crippen LogP contribution in [0.15, 0.2) is 54.9 Å². The number of amides is 1. The van der Waals surface area contributed by atoms with E-state index in [0.29, 0.717) is 12.8 Å². The minimum Gasteiger partial charge on any atom is -0.346 e. The number of pyridine rings is 1. The maximum Gasteiger partial charge on any atom is 0.227 e.